The van der Waals surface area contributed by atoms with Gasteiger partial charge >= 0.3 is 0 Å². The monoisotopic (exact) mass is 382 g/mol. The number of rotatable bonds is 2. The summed E-state index contributed by atoms with van der Waals surface area (Å²) in [7, 11) is 0. The fourth-order valence-electron chi connectivity index (χ4n) is 2.09. The molecule has 0 atom stereocenters. The summed E-state index contributed by atoms with van der Waals surface area (Å²) in [6, 6.07) is 31.2. The summed E-state index contributed by atoms with van der Waals surface area (Å²) >= 11 is 0. The first kappa shape index (κ1) is 33.3. The second-order valence-electron chi connectivity index (χ2n) is 6.06. The predicted octanol–water partition coefficient (Wildman–Crippen LogP) is 9.60. The molecule has 0 amide bonds. The van der Waals surface area contributed by atoms with Crippen LogP contribution in [0.15, 0.2) is 91.0 Å². The van der Waals surface area contributed by atoms with Crippen LogP contribution in [0.1, 0.15) is 73.1 Å². The van der Waals surface area contributed by atoms with Crippen LogP contribution in [0.5, 0.6) is 0 Å². The lowest BCUT2D eigenvalue weighted by atomic mass is 10.0. The standard InChI is InChI=1S/C9H12.C8H10.C7H8.4CH4/c1-8(2)9-6-4-3-5-7-9;1-2-8-6-4-3-5-7-8;1-7-5-3-2-4-6-7;;;;/h3-8H,1-2H3;3-7H,2H2,1H3;2-6H,1H3;4*1H4. The molecule has 0 radical (unpaired) electrons. The first-order valence-electron chi connectivity index (χ1n) is 8.74. The topological polar surface area (TPSA) is 0 Å². The van der Waals surface area contributed by atoms with Crippen molar-refractivity contribution in [1.29, 1.82) is 0 Å². The van der Waals surface area contributed by atoms with Gasteiger partial charge in [-0.15, -0.1) is 0 Å². The summed E-state index contributed by atoms with van der Waals surface area (Å²) in [6.45, 7) is 8.65. The Kier molecular flexibility index (Phi) is 24.9. The van der Waals surface area contributed by atoms with Crippen molar-refractivity contribution in [2.24, 2.45) is 0 Å². The zero-order chi connectivity index (χ0) is 17.6. The zero-order valence-corrected chi connectivity index (χ0v) is 15.4. The van der Waals surface area contributed by atoms with Gasteiger partial charge in [0.25, 0.3) is 0 Å². The fraction of sp³-hybridized carbons (Fsp3) is 0.357. The molecule has 158 valence electrons. The Morgan fingerprint density at radius 2 is 0.929 bits per heavy atom. The van der Waals surface area contributed by atoms with Gasteiger partial charge in [0, 0.05) is 0 Å². The first-order valence-corrected chi connectivity index (χ1v) is 8.74. The van der Waals surface area contributed by atoms with Gasteiger partial charge in [0.05, 0.1) is 0 Å². The van der Waals surface area contributed by atoms with Gasteiger partial charge in [-0.1, -0.05) is 147 Å². The van der Waals surface area contributed by atoms with Crippen molar-refractivity contribution in [3.8, 4) is 0 Å². The van der Waals surface area contributed by atoms with Crippen LogP contribution < -0.4 is 0 Å². The van der Waals surface area contributed by atoms with Crippen LogP contribution >= 0.6 is 0 Å². The molecule has 0 aliphatic carbocycles. The highest BCUT2D eigenvalue weighted by Gasteiger charge is 1.93. The maximum atomic E-state index is 2.20. The van der Waals surface area contributed by atoms with E-state index in [2.05, 4.69) is 88.4 Å². The van der Waals surface area contributed by atoms with Gasteiger partial charge in [0.15, 0.2) is 0 Å². The van der Waals surface area contributed by atoms with Crippen LogP contribution in [0.25, 0.3) is 0 Å². The van der Waals surface area contributed by atoms with E-state index in [4.69, 9.17) is 0 Å². The van der Waals surface area contributed by atoms with E-state index < -0.39 is 0 Å². The Balaban J connectivity index is -0.000000145. The molecule has 0 saturated carbocycles. The van der Waals surface area contributed by atoms with Gasteiger partial charge in [-0.25, -0.2) is 0 Å². The third kappa shape index (κ3) is 15.9. The van der Waals surface area contributed by atoms with Crippen molar-refractivity contribution in [2.75, 3.05) is 0 Å². The van der Waals surface area contributed by atoms with Gasteiger partial charge in [-0.05, 0) is 30.4 Å². The maximum Gasteiger partial charge on any atom is -0.0219 e. The van der Waals surface area contributed by atoms with E-state index in [1.165, 1.54) is 16.7 Å². The molecule has 0 N–H and O–H groups in total. The summed E-state index contributed by atoms with van der Waals surface area (Å²) < 4.78 is 0. The second-order valence-corrected chi connectivity index (χ2v) is 6.06. The van der Waals surface area contributed by atoms with Crippen molar-refractivity contribution < 1.29 is 0 Å². The highest BCUT2D eigenvalue weighted by Crippen LogP contribution is 2.11. The normalized spacial score (nSPS) is 8.04. The average Bonchev–Trinajstić information content (AvgIpc) is 2.65. The minimum atomic E-state index is 0. The quantitative estimate of drug-likeness (QED) is 0.414. The van der Waals surface area contributed by atoms with Crippen LogP contribution in [0, 0.1) is 6.92 Å². The Morgan fingerprint density at radius 3 is 1.14 bits per heavy atom. The molecular weight excluding hydrogens is 336 g/mol. The summed E-state index contributed by atoms with van der Waals surface area (Å²) in [5, 5.41) is 0. The second kappa shape index (κ2) is 21.0. The van der Waals surface area contributed by atoms with Gasteiger partial charge in [0.1, 0.15) is 0 Å². The van der Waals surface area contributed by atoms with Crippen LogP contribution in [-0.2, 0) is 6.42 Å². The number of aryl methyl sites for hydroxylation is 2. The van der Waals surface area contributed by atoms with Crippen molar-refractivity contribution in [3.63, 3.8) is 0 Å². The number of hydrogen-bond acceptors (Lipinski definition) is 0. The fourth-order valence-corrected chi connectivity index (χ4v) is 2.09. The molecule has 3 aromatic carbocycles. The van der Waals surface area contributed by atoms with Gasteiger partial charge in [-0.3, -0.25) is 0 Å². The molecule has 0 aliphatic rings. The largest absolute Gasteiger partial charge is 0.0776 e. The molecule has 0 saturated heterocycles. The Labute approximate surface area is 177 Å². The molecule has 0 unspecified atom stereocenters. The van der Waals surface area contributed by atoms with Crippen molar-refractivity contribution in [2.45, 2.75) is 69.7 Å². The minimum Gasteiger partial charge on any atom is -0.0776 e. The molecule has 0 fully saturated rings. The molecule has 0 spiro atoms. The van der Waals surface area contributed by atoms with Crippen LogP contribution in [-0.4, -0.2) is 0 Å². The SMILES string of the molecule is C.C.C.C.CC(C)c1ccccc1.CCc1ccccc1.Cc1ccccc1. The van der Waals surface area contributed by atoms with E-state index in [1.807, 2.05) is 30.3 Å². The summed E-state index contributed by atoms with van der Waals surface area (Å²) in [5.74, 6) is 0.659. The minimum absolute atomic E-state index is 0. The lowest BCUT2D eigenvalue weighted by molar-refractivity contribution is 0.867. The first-order chi connectivity index (χ1) is 11.6. The molecule has 3 rings (SSSR count). The summed E-state index contributed by atoms with van der Waals surface area (Å²) in [5.41, 5.74) is 4.15. The Bertz CT molecular complexity index is 625. The zero-order valence-electron chi connectivity index (χ0n) is 15.4. The van der Waals surface area contributed by atoms with E-state index in [1.54, 1.807) is 0 Å². The highest BCUT2D eigenvalue weighted by molar-refractivity contribution is 5.17. The summed E-state index contributed by atoms with van der Waals surface area (Å²) in [6.07, 6.45) is 1.14. The Hall–Kier alpha value is -2.34. The lowest BCUT2D eigenvalue weighted by Crippen LogP contribution is -1.83. The van der Waals surface area contributed by atoms with E-state index in [9.17, 15) is 0 Å². The van der Waals surface area contributed by atoms with E-state index in [-0.39, 0.29) is 29.7 Å². The number of benzene rings is 3. The molecular formula is C28H46. The molecule has 0 nitrogen and oxygen atoms in total. The van der Waals surface area contributed by atoms with E-state index in [0.717, 1.165) is 6.42 Å². The smallest absolute Gasteiger partial charge is 0.0219 e. The van der Waals surface area contributed by atoms with Crippen LogP contribution in [0.2, 0.25) is 0 Å². The van der Waals surface area contributed by atoms with E-state index in [0.29, 0.717) is 5.92 Å². The molecule has 0 aromatic heterocycles. The van der Waals surface area contributed by atoms with E-state index >= 15 is 0 Å². The van der Waals surface area contributed by atoms with Gasteiger partial charge < -0.3 is 0 Å². The van der Waals surface area contributed by atoms with Crippen molar-refractivity contribution in [3.05, 3.63) is 108 Å². The number of hydrogen-bond donors (Lipinski definition) is 0. The van der Waals surface area contributed by atoms with Gasteiger partial charge in [0.2, 0.25) is 0 Å². The molecule has 3 aromatic rings. The van der Waals surface area contributed by atoms with Crippen molar-refractivity contribution in [1.82, 2.24) is 0 Å². The third-order valence-electron chi connectivity index (χ3n) is 3.66. The highest BCUT2D eigenvalue weighted by atomic mass is 14.0. The van der Waals surface area contributed by atoms with Crippen LogP contribution in [0.3, 0.4) is 0 Å². The summed E-state index contributed by atoms with van der Waals surface area (Å²) in [4.78, 5) is 0. The molecule has 0 aliphatic heterocycles. The van der Waals surface area contributed by atoms with Gasteiger partial charge in [-0.2, -0.15) is 0 Å². The molecule has 0 heteroatoms. The maximum absolute atomic E-state index is 2.20. The van der Waals surface area contributed by atoms with Crippen molar-refractivity contribution >= 4 is 0 Å². The predicted molar refractivity (Wildman–Crippen MR) is 134 cm³/mol. The average molecular weight is 383 g/mol. The van der Waals surface area contributed by atoms with Crippen LogP contribution in [0.4, 0.5) is 0 Å². The lowest BCUT2D eigenvalue weighted by Gasteiger charge is -2.01. The molecule has 28 heavy (non-hydrogen) atoms. The molecule has 0 bridgehead atoms. The third-order valence-corrected chi connectivity index (χ3v) is 3.66. The Morgan fingerprint density at radius 1 is 0.571 bits per heavy atom. The molecule has 0 heterocycles.